The van der Waals surface area contributed by atoms with Crippen LogP contribution < -0.4 is 10.2 Å². The second kappa shape index (κ2) is 10.3. The minimum Gasteiger partial charge on any atom is -0.477 e. The van der Waals surface area contributed by atoms with Gasteiger partial charge < -0.3 is 15.3 Å². The van der Waals surface area contributed by atoms with Crippen LogP contribution in [-0.2, 0) is 4.79 Å². The minimum atomic E-state index is -1.02. The Morgan fingerprint density at radius 2 is 1.78 bits per heavy atom. The molecule has 2 aromatic heterocycles. The number of H-pyrrole nitrogens is 1. The van der Waals surface area contributed by atoms with E-state index in [9.17, 15) is 19.5 Å². The molecule has 2 heterocycles. The van der Waals surface area contributed by atoms with Crippen LogP contribution in [0.4, 0.5) is 11.4 Å². The van der Waals surface area contributed by atoms with Crippen molar-refractivity contribution in [1.29, 1.82) is 0 Å². The summed E-state index contributed by atoms with van der Waals surface area (Å²) < 4.78 is 0. The Morgan fingerprint density at radius 1 is 1.06 bits per heavy atom. The van der Waals surface area contributed by atoms with Gasteiger partial charge in [0, 0.05) is 28.7 Å². The maximum absolute atomic E-state index is 13.7. The second-order valence-corrected chi connectivity index (χ2v) is 10.9. The maximum Gasteiger partial charge on any atom is 0.348 e. The summed E-state index contributed by atoms with van der Waals surface area (Å²) in [5.74, 6) is -0.652. The molecule has 2 amide bonds. The molecular formula is C27H30N4O4S. The number of benzene rings is 1. The van der Waals surface area contributed by atoms with E-state index in [4.69, 9.17) is 0 Å². The first-order chi connectivity index (χ1) is 17.4. The molecule has 0 spiro atoms. The molecule has 9 heteroatoms. The highest BCUT2D eigenvalue weighted by Crippen LogP contribution is 2.42. The Kier molecular flexibility index (Phi) is 6.91. The SMILES string of the molecule is C[C@H]1CC[C@H](C(=O)N(c2cc(-c3ccc(NC(=O)c4cc[nH]n4)cc3)sc2C(=O)O)C2CCC2)CC1. The van der Waals surface area contributed by atoms with Crippen LogP contribution in [0.1, 0.15) is 72.0 Å². The van der Waals surface area contributed by atoms with Crippen LogP contribution in [0.15, 0.2) is 42.6 Å². The van der Waals surface area contributed by atoms with Gasteiger partial charge in [0.25, 0.3) is 5.91 Å². The van der Waals surface area contributed by atoms with Crippen LogP contribution in [0.5, 0.6) is 0 Å². The average Bonchev–Trinajstić information content (AvgIpc) is 3.53. The zero-order chi connectivity index (χ0) is 25.2. The lowest BCUT2D eigenvalue weighted by atomic mass is 9.81. The largest absolute Gasteiger partial charge is 0.477 e. The zero-order valence-corrected chi connectivity index (χ0v) is 21.0. The normalized spacial score (nSPS) is 19.9. The molecule has 2 fully saturated rings. The third-order valence-electron chi connectivity index (χ3n) is 7.37. The fourth-order valence-corrected chi connectivity index (χ4v) is 5.99. The monoisotopic (exact) mass is 506 g/mol. The average molecular weight is 507 g/mol. The molecule has 2 saturated carbocycles. The van der Waals surface area contributed by atoms with E-state index >= 15 is 0 Å². The number of aromatic nitrogens is 2. The predicted octanol–water partition coefficient (Wildman–Crippen LogP) is 5.80. The van der Waals surface area contributed by atoms with Crippen LogP contribution in [0, 0.1) is 11.8 Å². The topological polar surface area (TPSA) is 115 Å². The molecule has 2 aliphatic carbocycles. The van der Waals surface area contributed by atoms with Gasteiger partial charge in [-0.3, -0.25) is 14.7 Å². The minimum absolute atomic E-state index is 0.0378. The van der Waals surface area contributed by atoms with Crippen molar-refractivity contribution in [1.82, 2.24) is 10.2 Å². The molecule has 0 radical (unpaired) electrons. The standard InChI is InChI=1S/C27H30N4O4S/c1-16-5-7-18(8-6-16)26(33)31(20-3-2-4-20)22-15-23(36-24(22)27(34)35)17-9-11-19(12-10-17)29-25(32)21-13-14-28-30-21/h9-16,18,20H,2-8H2,1H3,(H,28,30)(H,29,32)(H,34,35)/t16-,18-. The zero-order valence-electron chi connectivity index (χ0n) is 20.2. The van der Waals surface area contributed by atoms with Crippen molar-refractivity contribution in [2.45, 2.75) is 57.9 Å². The number of rotatable bonds is 7. The number of carbonyl (C=O) groups excluding carboxylic acids is 2. The van der Waals surface area contributed by atoms with Crippen molar-refractivity contribution in [2.24, 2.45) is 11.8 Å². The molecule has 0 bridgehead atoms. The number of thiophene rings is 1. The molecule has 0 saturated heterocycles. The molecular weight excluding hydrogens is 476 g/mol. The molecule has 0 aliphatic heterocycles. The number of nitrogens with zero attached hydrogens (tertiary/aromatic N) is 2. The van der Waals surface area contributed by atoms with E-state index in [-0.39, 0.29) is 28.7 Å². The molecule has 0 atom stereocenters. The number of carboxylic acid groups (broad SMARTS) is 1. The third-order valence-corrected chi connectivity index (χ3v) is 8.53. The van der Waals surface area contributed by atoms with Crippen LogP contribution >= 0.6 is 11.3 Å². The smallest absolute Gasteiger partial charge is 0.348 e. The number of aromatic carboxylic acids is 1. The van der Waals surface area contributed by atoms with Gasteiger partial charge in [0.2, 0.25) is 5.91 Å². The van der Waals surface area contributed by atoms with Crippen LogP contribution in [0.2, 0.25) is 0 Å². The summed E-state index contributed by atoms with van der Waals surface area (Å²) in [5.41, 5.74) is 2.26. The molecule has 8 nitrogen and oxygen atoms in total. The summed E-state index contributed by atoms with van der Waals surface area (Å²) >= 11 is 1.19. The summed E-state index contributed by atoms with van der Waals surface area (Å²) in [6.45, 7) is 2.23. The fraction of sp³-hybridized carbons (Fsp3) is 0.407. The summed E-state index contributed by atoms with van der Waals surface area (Å²) in [7, 11) is 0. The van der Waals surface area contributed by atoms with Gasteiger partial charge in [-0.05, 0) is 80.7 Å². The highest BCUT2D eigenvalue weighted by Gasteiger charge is 2.38. The van der Waals surface area contributed by atoms with E-state index in [2.05, 4.69) is 22.4 Å². The van der Waals surface area contributed by atoms with Gasteiger partial charge in [0.1, 0.15) is 10.6 Å². The number of hydrogen-bond acceptors (Lipinski definition) is 5. The number of aromatic amines is 1. The Bertz CT molecular complexity index is 1240. The fourth-order valence-electron chi connectivity index (χ4n) is 5.00. The van der Waals surface area contributed by atoms with Crippen LogP contribution in [0.3, 0.4) is 0 Å². The Balaban J connectivity index is 1.41. The summed E-state index contributed by atoms with van der Waals surface area (Å²) in [4.78, 5) is 41.0. The first-order valence-electron chi connectivity index (χ1n) is 12.5. The lowest BCUT2D eigenvalue weighted by molar-refractivity contribution is -0.124. The number of amides is 2. The lowest BCUT2D eigenvalue weighted by Crippen LogP contribution is -2.48. The van der Waals surface area contributed by atoms with Crippen molar-refractivity contribution >= 4 is 40.5 Å². The van der Waals surface area contributed by atoms with Crippen LogP contribution in [0.25, 0.3) is 10.4 Å². The molecule has 1 aromatic carbocycles. The van der Waals surface area contributed by atoms with E-state index in [1.807, 2.05) is 23.1 Å². The van der Waals surface area contributed by atoms with Crippen molar-refractivity contribution in [2.75, 3.05) is 10.2 Å². The summed E-state index contributed by atoms with van der Waals surface area (Å²) in [6, 6.07) is 10.8. The third kappa shape index (κ3) is 4.93. The van der Waals surface area contributed by atoms with Gasteiger partial charge in [0.05, 0.1) is 5.69 Å². The van der Waals surface area contributed by atoms with E-state index in [1.165, 1.54) is 11.3 Å². The van der Waals surface area contributed by atoms with E-state index in [1.54, 1.807) is 24.4 Å². The van der Waals surface area contributed by atoms with E-state index < -0.39 is 5.97 Å². The molecule has 188 valence electrons. The summed E-state index contributed by atoms with van der Waals surface area (Å²) in [6.07, 6.45) is 8.27. The van der Waals surface area contributed by atoms with Crippen LogP contribution in [-0.4, -0.2) is 39.1 Å². The van der Waals surface area contributed by atoms with Gasteiger partial charge in [0.15, 0.2) is 0 Å². The predicted molar refractivity (Wildman–Crippen MR) is 140 cm³/mol. The number of carboxylic acids is 1. The molecule has 0 unspecified atom stereocenters. The van der Waals surface area contributed by atoms with Crippen molar-refractivity contribution < 1.29 is 19.5 Å². The second-order valence-electron chi connectivity index (χ2n) is 9.87. The number of hydrogen-bond donors (Lipinski definition) is 3. The van der Waals surface area contributed by atoms with Gasteiger partial charge in [-0.25, -0.2) is 4.79 Å². The molecule has 3 aromatic rings. The Morgan fingerprint density at radius 3 is 2.36 bits per heavy atom. The highest BCUT2D eigenvalue weighted by atomic mass is 32.1. The number of anilines is 2. The van der Waals surface area contributed by atoms with E-state index in [0.29, 0.717) is 23.0 Å². The molecule has 2 aliphatic rings. The Hall–Kier alpha value is -3.46. The first kappa shape index (κ1) is 24.2. The van der Waals surface area contributed by atoms with Crippen molar-refractivity contribution in [3.63, 3.8) is 0 Å². The van der Waals surface area contributed by atoms with Gasteiger partial charge in [-0.15, -0.1) is 11.3 Å². The maximum atomic E-state index is 13.7. The van der Waals surface area contributed by atoms with E-state index in [0.717, 1.165) is 55.4 Å². The van der Waals surface area contributed by atoms with Gasteiger partial charge in [-0.2, -0.15) is 5.10 Å². The molecule has 36 heavy (non-hydrogen) atoms. The Labute approximate surface area is 213 Å². The lowest BCUT2D eigenvalue weighted by Gasteiger charge is -2.40. The van der Waals surface area contributed by atoms with Gasteiger partial charge in [-0.1, -0.05) is 19.1 Å². The van der Waals surface area contributed by atoms with Crippen molar-refractivity contribution in [3.8, 4) is 10.4 Å². The molecule has 3 N–H and O–H groups in total. The van der Waals surface area contributed by atoms with Crippen molar-refractivity contribution in [3.05, 3.63) is 53.2 Å². The number of carbonyl (C=O) groups is 3. The molecule has 5 rings (SSSR count). The quantitative estimate of drug-likeness (QED) is 0.375. The first-order valence-corrected chi connectivity index (χ1v) is 13.3. The van der Waals surface area contributed by atoms with Gasteiger partial charge >= 0.3 is 5.97 Å². The summed E-state index contributed by atoms with van der Waals surface area (Å²) in [5, 5.41) is 19.3. The highest BCUT2D eigenvalue weighted by molar-refractivity contribution is 7.18. The number of nitrogens with one attached hydrogen (secondary N) is 2.